The van der Waals surface area contributed by atoms with Crippen molar-refractivity contribution in [3.8, 4) is 0 Å². The molecule has 0 radical (unpaired) electrons. The molecule has 0 spiro atoms. The summed E-state index contributed by atoms with van der Waals surface area (Å²) >= 11 is 0. The molecule has 0 fully saturated rings. The Labute approximate surface area is 136 Å². The Bertz CT molecular complexity index is 774. The fourth-order valence-electron chi connectivity index (χ4n) is 1.85. The predicted molar refractivity (Wildman–Crippen MR) is 90.5 cm³/mol. The van der Waals surface area contributed by atoms with Crippen molar-refractivity contribution in [1.29, 1.82) is 0 Å². The van der Waals surface area contributed by atoms with E-state index >= 15 is 0 Å². The maximum absolute atomic E-state index is 10.9. The highest BCUT2D eigenvalue weighted by Crippen LogP contribution is 2.19. The van der Waals surface area contributed by atoms with Crippen LogP contribution in [0.1, 0.15) is 28.9 Å². The van der Waals surface area contributed by atoms with Gasteiger partial charge in [-0.15, -0.1) is 0 Å². The molecule has 2 N–H and O–H groups in total. The molecular weight excluding hydrogens is 316 g/mol. The molecule has 124 valence electrons. The van der Waals surface area contributed by atoms with Gasteiger partial charge < -0.3 is 0 Å². The minimum absolute atomic E-state index is 0.199. The van der Waals surface area contributed by atoms with E-state index in [1.54, 1.807) is 44.2 Å². The van der Waals surface area contributed by atoms with Gasteiger partial charge >= 0.3 is 0 Å². The first-order chi connectivity index (χ1) is 10.6. The third-order valence-electron chi connectivity index (χ3n) is 3.53. The van der Waals surface area contributed by atoms with Crippen LogP contribution >= 0.6 is 0 Å². The van der Waals surface area contributed by atoms with E-state index in [9.17, 15) is 18.5 Å². The van der Waals surface area contributed by atoms with Gasteiger partial charge in [-0.1, -0.05) is 42.5 Å². The third kappa shape index (κ3) is 5.46. The number of aryl methyl sites for hydroxylation is 1. The van der Waals surface area contributed by atoms with Crippen molar-refractivity contribution in [3.63, 3.8) is 0 Å². The molecule has 0 aliphatic carbocycles. The van der Waals surface area contributed by atoms with Crippen LogP contribution in [0, 0.1) is 24.0 Å². The molecule has 0 aliphatic rings. The Kier molecular flexibility index (Phi) is 6.41. The molecule has 2 aromatic rings. The highest BCUT2D eigenvalue weighted by atomic mass is 32.2. The zero-order chi connectivity index (χ0) is 17.6. The maximum atomic E-state index is 10.9. The second kappa shape index (κ2) is 7.85. The lowest BCUT2D eigenvalue weighted by Gasteiger charge is -2.07. The number of hydrogen-bond donors (Lipinski definition) is 1. The zero-order valence-corrected chi connectivity index (χ0v) is 14.1. The van der Waals surface area contributed by atoms with E-state index in [4.69, 9.17) is 5.14 Å². The molecule has 6 nitrogen and oxygen atoms in total. The molecule has 0 saturated heterocycles. The number of benzene rings is 2. The molecule has 7 heteroatoms. The van der Waals surface area contributed by atoms with Crippen molar-refractivity contribution in [1.82, 2.24) is 0 Å². The summed E-state index contributed by atoms with van der Waals surface area (Å²) in [6, 6.07) is 14.0. The van der Waals surface area contributed by atoms with Crippen LogP contribution in [0.2, 0.25) is 0 Å². The van der Waals surface area contributed by atoms with Gasteiger partial charge in [-0.3, -0.25) is 10.1 Å². The lowest BCUT2D eigenvalue weighted by molar-refractivity contribution is -0.385. The summed E-state index contributed by atoms with van der Waals surface area (Å²) in [4.78, 5) is 10.0. The van der Waals surface area contributed by atoms with Crippen LogP contribution in [0.15, 0.2) is 48.5 Å². The van der Waals surface area contributed by atoms with Gasteiger partial charge in [0.1, 0.15) is 0 Å². The van der Waals surface area contributed by atoms with Gasteiger partial charge in [0, 0.05) is 11.6 Å². The number of primary sulfonamides is 1. The summed E-state index contributed by atoms with van der Waals surface area (Å²) in [5, 5.41) is 14.7. The Morgan fingerprint density at radius 2 is 1.61 bits per heavy atom. The van der Waals surface area contributed by atoms with Gasteiger partial charge in [0.05, 0.1) is 10.2 Å². The fraction of sp³-hybridized carbons (Fsp3) is 0.250. The summed E-state index contributed by atoms with van der Waals surface area (Å²) < 4.78 is 21.8. The molecule has 0 saturated carbocycles. The number of rotatable bonds is 3. The molecule has 1 unspecified atom stereocenters. The first-order valence-electron chi connectivity index (χ1n) is 6.91. The Morgan fingerprint density at radius 3 is 2.04 bits per heavy atom. The third-order valence-corrected chi connectivity index (χ3v) is 4.79. The number of hydrogen-bond acceptors (Lipinski definition) is 4. The van der Waals surface area contributed by atoms with E-state index < -0.39 is 15.3 Å². The van der Waals surface area contributed by atoms with Gasteiger partial charge in [0.25, 0.3) is 5.69 Å². The predicted octanol–water partition coefficient (Wildman–Crippen LogP) is 3.25. The van der Waals surface area contributed by atoms with Gasteiger partial charge in [-0.25, -0.2) is 13.6 Å². The second-order valence-electron chi connectivity index (χ2n) is 5.12. The average molecular weight is 336 g/mol. The molecule has 0 aliphatic heterocycles. The lowest BCUT2D eigenvalue weighted by atomic mass is 10.1. The van der Waals surface area contributed by atoms with Crippen molar-refractivity contribution in [2.45, 2.75) is 26.0 Å². The van der Waals surface area contributed by atoms with Gasteiger partial charge in [-0.05, 0) is 31.9 Å². The zero-order valence-electron chi connectivity index (χ0n) is 13.3. The van der Waals surface area contributed by atoms with Crippen LogP contribution in [0.25, 0.3) is 0 Å². The van der Waals surface area contributed by atoms with Crippen LogP contribution in [-0.4, -0.2) is 13.3 Å². The molecular formula is C16H20N2O4S. The Balaban J connectivity index is 0.000000231. The number of nitro groups is 1. The topological polar surface area (TPSA) is 103 Å². The van der Waals surface area contributed by atoms with Crippen LogP contribution in [0.3, 0.4) is 0 Å². The highest BCUT2D eigenvalue weighted by molar-refractivity contribution is 7.89. The van der Waals surface area contributed by atoms with Crippen molar-refractivity contribution in [2.75, 3.05) is 0 Å². The smallest absolute Gasteiger partial charge is 0.258 e. The largest absolute Gasteiger partial charge is 0.272 e. The number of sulfonamides is 1. The number of nitrogens with zero attached hydrogens (tertiary/aromatic N) is 1. The van der Waals surface area contributed by atoms with Crippen LogP contribution in [-0.2, 0) is 10.0 Å². The normalized spacial score (nSPS) is 12.0. The Morgan fingerprint density at radius 1 is 1.04 bits per heavy atom. The van der Waals surface area contributed by atoms with E-state index in [-0.39, 0.29) is 10.6 Å². The summed E-state index contributed by atoms with van der Waals surface area (Å²) in [6.07, 6.45) is 0. The van der Waals surface area contributed by atoms with Crippen molar-refractivity contribution >= 4 is 15.7 Å². The molecule has 1 atom stereocenters. The van der Waals surface area contributed by atoms with Crippen LogP contribution in [0.4, 0.5) is 5.69 Å². The minimum Gasteiger partial charge on any atom is -0.258 e. The summed E-state index contributed by atoms with van der Waals surface area (Å²) in [6.45, 7) is 5.19. The van der Waals surface area contributed by atoms with Crippen molar-refractivity contribution in [2.24, 2.45) is 5.14 Å². The first-order valence-corrected chi connectivity index (χ1v) is 8.52. The first kappa shape index (κ1) is 18.8. The quantitative estimate of drug-likeness (QED) is 0.686. The van der Waals surface area contributed by atoms with E-state index in [1.807, 2.05) is 19.1 Å². The van der Waals surface area contributed by atoms with Gasteiger partial charge in [0.2, 0.25) is 10.0 Å². The van der Waals surface area contributed by atoms with Crippen LogP contribution in [0.5, 0.6) is 0 Å². The average Bonchev–Trinajstić information content (AvgIpc) is 2.49. The molecule has 2 rings (SSSR count). The molecule has 0 heterocycles. The highest BCUT2D eigenvalue weighted by Gasteiger charge is 2.16. The van der Waals surface area contributed by atoms with Gasteiger partial charge in [-0.2, -0.15) is 0 Å². The molecule has 0 aromatic heterocycles. The van der Waals surface area contributed by atoms with E-state index in [1.165, 1.54) is 6.07 Å². The fourth-order valence-corrected chi connectivity index (χ4v) is 2.38. The molecule has 2 aromatic carbocycles. The van der Waals surface area contributed by atoms with E-state index in [0.717, 1.165) is 16.7 Å². The molecule has 23 heavy (non-hydrogen) atoms. The van der Waals surface area contributed by atoms with E-state index in [2.05, 4.69) is 0 Å². The van der Waals surface area contributed by atoms with Crippen molar-refractivity contribution in [3.05, 3.63) is 75.3 Å². The van der Waals surface area contributed by atoms with Crippen molar-refractivity contribution < 1.29 is 13.3 Å². The number of nitrogens with two attached hydrogens (primary N) is 1. The summed E-state index contributed by atoms with van der Waals surface area (Å²) in [7, 11) is -3.46. The Hall–Kier alpha value is -2.25. The minimum atomic E-state index is -3.46. The lowest BCUT2D eigenvalue weighted by Crippen LogP contribution is -2.19. The maximum Gasteiger partial charge on any atom is 0.272 e. The molecule has 0 amide bonds. The van der Waals surface area contributed by atoms with Gasteiger partial charge in [0.15, 0.2) is 0 Å². The molecule has 0 bridgehead atoms. The standard InChI is InChI=1S/C8H11NO2S.C8H9NO2/c1-7(12(9,10)11)8-5-3-2-4-6-8;1-6-4-3-5-8(7(6)2)9(10)11/h2-7H,1H3,(H2,9,10,11);3-5H,1-2H3. The van der Waals surface area contributed by atoms with E-state index in [0.29, 0.717) is 0 Å². The SMILES string of the molecule is CC(c1ccccc1)S(N)(=O)=O.Cc1cccc([N+](=O)[O-])c1C. The number of nitro benzene ring substituents is 1. The monoisotopic (exact) mass is 336 g/mol. The summed E-state index contributed by atoms with van der Waals surface area (Å²) in [5.74, 6) is 0. The summed E-state index contributed by atoms with van der Waals surface area (Å²) in [5.41, 5.74) is 2.63. The van der Waals surface area contributed by atoms with Crippen LogP contribution < -0.4 is 5.14 Å². The second-order valence-corrected chi connectivity index (χ2v) is 7.00.